The first kappa shape index (κ1) is 18.6. The fraction of sp³-hybridized carbons (Fsp3) is 0.0476. The Balaban J connectivity index is 1.38. The summed E-state index contributed by atoms with van der Waals surface area (Å²) in [6, 6.07) is 24.8. The maximum atomic E-state index is 6.15. The van der Waals surface area contributed by atoms with Gasteiger partial charge in [-0.2, -0.15) is 5.10 Å². The van der Waals surface area contributed by atoms with Gasteiger partial charge in [-0.05, 0) is 58.5 Å². The summed E-state index contributed by atoms with van der Waals surface area (Å²) in [4.78, 5) is 1.33. The molecule has 1 heterocycles. The molecule has 0 bridgehead atoms. The molecule has 3 aromatic carbocycles. The summed E-state index contributed by atoms with van der Waals surface area (Å²) < 4.78 is 5.79. The van der Waals surface area contributed by atoms with Gasteiger partial charge < -0.3 is 10.1 Å². The Morgan fingerprint density at radius 1 is 0.966 bits per heavy atom. The highest BCUT2D eigenvalue weighted by Crippen LogP contribution is 2.19. The van der Waals surface area contributed by atoms with Gasteiger partial charge in [0, 0.05) is 16.3 Å². The minimum Gasteiger partial charge on any atom is -0.489 e. The minimum atomic E-state index is 0.409. The van der Waals surface area contributed by atoms with Crippen LogP contribution in [-0.4, -0.2) is 26.5 Å². The maximum Gasteiger partial charge on any atom is 0.269 e. The molecule has 1 aromatic heterocycles. The number of nitrogens with zero attached hydrogens (tertiary/aromatic N) is 5. The third kappa shape index (κ3) is 4.97. The lowest BCUT2D eigenvalue weighted by Gasteiger charge is -2.07. The largest absolute Gasteiger partial charge is 0.489 e. The Labute approximate surface area is 172 Å². The standard InChI is InChI=1S/C21H17ClN6O/c22-20-9-5-4-6-17(20)15-29-19-12-10-16(11-13-19)14-23-28-21(25-26-27-28)24-18-7-2-1-3-8-18/h1-14H,15H2,(H,24,25,27). The first-order valence-electron chi connectivity index (χ1n) is 8.89. The number of halogens is 1. The van der Waals surface area contributed by atoms with Crippen molar-refractivity contribution in [3.63, 3.8) is 0 Å². The van der Waals surface area contributed by atoms with Crippen molar-refractivity contribution in [3.05, 3.63) is 95.0 Å². The van der Waals surface area contributed by atoms with Crippen LogP contribution in [0.2, 0.25) is 5.02 Å². The molecule has 0 saturated carbocycles. The van der Waals surface area contributed by atoms with Gasteiger partial charge in [-0.15, -0.1) is 0 Å². The first-order valence-corrected chi connectivity index (χ1v) is 9.27. The number of hydrogen-bond acceptors (Lipinski definition) is 6. The fourth-order valence-electron chi connectivity index (χ4n) is 2.53. The second kappa shape index (κ2) is 8.99. The van der Waals surface area contributed by atoms with Gasteiger partial charge in [-0.25, -0.2) is 0 Å². The fourth-order valence-corrected chi connectivity index (χ4v) is 2.72. The van der Waals surface area contributed by atoms with Crippen LogP contribution in [0.3, 0.4) is 0 Å². The monoisotopic (exact) mass is 404 g/mol. The molecule has 1 N–H and O–H groups in total. The topological polar surface area (TPSA) is 77.2 Å². The van der Waals surface area contributed by atoms with Gasteiger partial charge in [0.1, 0.15) is 12.4 Å². The molecule has 0 saturated heterocycles. The Bertz CT molecular complexity index is 1100. The predicted octanol–water partition coefficient (Wildman–Crippen LogP) is 4.53. The zero-order valence-corrected chi connectivity index (χ0v) is 16.1. The molecule has 0 fully saturated rings. The molecule has 0 radical (unpaired) electrons. The molecular weight excluding hydrogens is 388 g/mol. The van der Waals surface area contributed by atoms with Crippen molar-refractivity contribution in [1.29, 1.82) is 0 Å². The van der Waals surface area contributed by atoms with Crippen LogP contribution >= 0.6 is 11.6 Å². The summed E-state index contributed by atoms with van der Waals surface area (Å²) in [5.41, 5.74) is 2.70. The smallest absolute Gasteiger partial charge is 0.269 e. The van der Waals surface area contributed by atoms with Crippen molar-refractivity contribution < 1.29 is 4.74 Å². The molecular formula is C21H17ClN6O. The average molecular weight is 405 g/mol. The molecule has 0 aliphatic carbocycles. The van der Waals surface area contributed by atoms with Crippen LogP contribution in [0.25, 0.3) is 0 Å². The number of anilines is 2. The Kier molecular flexibility index (Phi) is 5.78. The molecule has 144 valence electrons. The average Bonchev–Trinajstić information content (AvgIpc) is 3.20. The number of ether oxygens (including phenoxy) is 1. The molecule has 4 aromatic rings. The van der Waals surface area contributed by atoms with Gasteiger partial charge in [0.05, 0.1) is 6.21 Å². The van der Waals surface area contributed by atoms with E-state index in [2.05, 4.69) is 25.9 Å². The molecule has 0 amide bonds. The third-order valence-corrected chi connectivity index (χ3v) is 4.40. The van der Waals surface area contributed by atoms with Crippen LogP contribution in [-0.2, 0) is 6.61 Å². The van der Waals surface area contributed by atoms with Gasteiger partial charge in [-0.1, -0.05) is 57.9 Å². The molecule has 0 aliphatic heterocycles. The normalized spacial score (nSPS) is 10.9. The van der Waals surface area contributed by atoms with Crippen LogP contribution in [0.4, 0.5) is 11.6 Å². The summed E-state index contributed by atoms with van der Waals surface area (Å²) in [5.74, 6) is 1.17. The SMILES string of the molecule is Clc1ccccc1COc1ccc(C=Nn2nnnc2Nc2ccccc2)cc1. The van der Waals surface area contributed by atoms with Gasteiger partial charge in [0.2, 0.25) is 0 Å². The lowest BCUT2D eigenvalue weighted by atomic mass is 10.2. The van der Waals surface area contributed by atoms with Crippen molar-refractivity contribution in [2.24, 2.45) is 5.10 Å². The molecule has 0 atom stereocenters. The number of benzene rings is 3. The summed E-state index contributed by atoms with van der Waals surface area (Å²) >= 11 is 6.15. The maximum absolute atomic E-state index is 6.15. The van der Waals surface area contributed by atoms with Crippen LogP contribution in [0.5, 0.6) is 5.75 Å². The van der Waals surface area contributed by atoms with E-state index in [9.17, 15) is 0 Å². The molecule has 29 heavy (non-hydrogen) atoms. The summed E-state index contributed by atoms with van der Waals surface area (Å²) in [7, 11) is 0. The van der Waals surface area contributed by atoms with Gasteiger partial charge >= 0.3 is 0 Å². The molecule has 0 unspecified atom stereocenters. The number of tetrazole rings is 1. The van der Waals surface area contributed by atoms with E-state index in [1.165, 1.54) is 4.79 Å². The van der Waals surface area contributed by atoms with E-state index in [0.717, 1.165) is 22.6 Å². The lowest BCUT2D eigenvalue weighted by molar-refractivity contribution is 0.306. The molecule has 7 nitrogen and oxygen atoms in total. The molecule has 0 aliphatic rings. The number of nitrogens with one attached hydrogen (secondary N) is 1. The minimum absolute atomic E-state index is 0.409. The number of hydrogen-bond donors (Lipinski definition) is 1. The summed E-state index contributed by atoms with van der Waals surface area (Å²) in [6.45, 7) is 0.409. The highest BCUT2D eigenvalue weighted by atomic mass is 35.5. The first-order chi connectivity index (χ1) is 14.3. The molecule has 8 heteroatoms. The van der Waals surface area contributed by atoms with Crippen LogP contribution in [0.15, 0.2) is 84.0 Å². The van der Waals surface area contributed by atoms with E-state index in [1.54, 1.807) is 6.21 Å². The van der Waals surface area contributed by atoms with Crippen molar-refractivity contribution in [2.45, 2.75) is 6.61 Å². The van der Waals surface area contributed by atoms with Crippen LogP contribution < -0.4 is 10.1 Å². The van der Waals surface area contributed by atoms with Crippen LogP contribution in [0, 0.1) is 0 Å². The Morgan fingerprint density at radius 3 is 2.52 bits per heavy atom. The zero-order chi connectivity index (χ0) is 19.9. The van der Waals surface area contributed by atoms with Crippen LogP contribution in [0.1, 0.15) is 11.1 Å². The molecule has 4 rings (SSSR count). The number of rotatable bonds is 7. The number of para-hydroxylation sites is 1. The van der Waals surface area contributed by atoms with Crippen molar-refractivity contribution >= 4 is 29.5 Å². The van der Waals surface area contributed by atoms with Gasteiger partial charge in [-0.3, -0.25) is 0 Å². The van der Waals surface area contributed by atoms with E-state index in [1.807, 2.05) is 78.9 Å². The highest BCUT2D eigenvalue weighted by molar-refractivity contribution is 6.31. The van der Waals surface area contributed by atoms with Crippen molar-refractivity contribution in [2.75, 3.05) is 5.32 Å². The third-order valence-electron chi connectivity index (χ3n) is 4.03. The van der Waals surface area contributed by atoms with E-state index >= 15 is 0 Å². The Morgan fingerprint density at radius 2 is 1.72 bits per heavy atom. The summed E-state index contributed by atoms with van der Waals surface area (Å²) in [5, 5.41) is 19.6. The second-order valence-corrected chi connectivity index (χ2v) is 6.48. The van der Waals surface area contributed by atoms with E-state index in [0.29, 0.717) is 17.6 Å². The highest BCUT2D eigenvalue weighted by Gasteiger charge is 2.05. The van der Waals surface area contributed by atoms with Crippen molar-refractivity contribution in [1.82, 2.24) is 20.3 Å². The summed E-state index contributed by atoms with van der Waals surface area (Å²) in [6.07, 6.45) is 1.67. The number of aromatic nitrogens is 4. The lowest BCUT2D eigenvalue weighted by Crippen LogP contribution is -2.01. The quantitative estimate of drug-likeness (QED) is 0.458. The van der Waals surface area contributed by atoms with Gasteiger partial charge in [0.15, 0.2) is 0 Å². The molecule has 0 spiro atoms. The van der Waals surface area contributed by atoms with E-state index in [-0.39, 0.29) is 0 Å². The van der Waals surface area contributed by atoms with Gasteiger partial charge in [0.25, 0.3) is 5.95 Å². The predicted molar refractivity (Wildman–Crippen MR) is 113 cm³/mol. The second-order valence-electron chi connectivity index (χ2n) is 6.08. The zero-order valence-electron chi connectivity index (χ0n) is 15.3. The van der Waals surface area contributed by atoms with E-state index < -0.39 is 0 Å². The van der Waals surface area contributed by atoms with Crippen molar-refractivity contribution in [3.8, 4) is 5.75 Å². The Hall–Kier alpha value is -3.71. The van der Waals surface area contributed by atoms with E-state index in [4.69, 9.17) is 16.3 Å².